The summed E-state index contributed by atoms with van der Waals surface area (Å²) in [4.78, 5) is 16.7. The molecule has 0 fully saturated rings. The van der Waals surface area contributed by atoms with Crippen LogP contribution in [0.25, 0.3) is 17.1 Å². The summed E-state index contributed by atoms with van der Waals surface area (Å²) in [7, 11) is 0. The van der Waals surface area contributed by atoms with Crippen molar-refractivity contribution >= 4 is 23.4 Å². The number of hydrogen-bond donors (Lipinski definition) is 1. The first-order chi connectivity index (χ1) is 16.7. The van der Waals surface area contributed by atoms with Crippen LogP contribution in [0.15, 0.2) is 101 Å². The number of thioether (sulfide) groups is 1. The highest BCUT2D eigenvalue weighted by atomic mass is 32.2. The first-order valence-corrected chi connectivity index (χ1v) is 11.4. The molecule has 1 amide bonds. The number of carbonyl (C=O) groups excluding carboxylic acids is 1. The molecule has 0 saturated carbocycles. The monoisotopic (exact) mass is 471 g/mol. The van der Waals surface area contributed by atoms with Crippen molar-refractivity contribution in [1.29, 1.82) is 0 Å². The van der Waals surface area contributed by atoms with Crippen molar-refractivity contribution in [2.45, 2.75) is 10.9 Å². The van der Waals surface area contributed by atoms with E-state index in [1.54, 1.807) is 12.1 Å². The van der Waals surface area contributed by atoms with Gasteiger partial charge in [-0.1, -0.05) is 72.4 Å². The molecule has 2 aromatic heterocycles. The summed E-state index contributed by atoms with van der Waals surface area (Å²) in [5, 5.41) is 11.9. The number of aromatic nitrogens is 4. The Balaban J connectivity index is 1.35. The van der Waals surface area contributed by atoms with E-state index in [4.69, 9.17) is 4.42 Å². The van der Waals surface area contributed by atoms with Crippen LogP contribution in [-0.2, 0) is 5.75 Å². The van der Waals surface area contributed by atoms with Crippen molar-refractivity contribution in [3.05, 3.63) is 109 Å². The molecule has 0 spiro atoms. The second kappa shape index (κ2) is 9.72. The van der Waals surface area contributed by atoms with Gasteiger partial charge in [-0.2, -0.15) is 0 Å². The van der Waals surface area contributed by atoms with Crippen LogP contribution in [0.2, 0.25) is 0 Å². The van der Waals surface area contributed by atoms with E-state index in [0.29, 0.717) is 22.6 Å². The molecule has 3 aromatic carbocycles. The number of amides is 1. The van der Waals surface area contributed by atoms with Crippen molar-refractivity contribution < 1.29 is 13.6 Å². The second-order valence-electron chi connectivity index (χ2n) is 7.19. The Morgan fingerprint density at radius 1 is 0.941 bits per heavy atom. The molecule has 0 unspecified atom stereocenters. The van der Waals surface area contributed by atoms with Crippen LogP contribution in [0.4, 0.5) is 10.1 Å². The van der Waals surface area contributed by atoms with E-state index in [2.05, 4.69) is 20.5 Å². The fourth-order valence-electron chi connectivity index (χ4n) is 3.30. The normalized spacial score (nSPS) is 10.9. The summed E-state index contributed by atoms with van der Waals surface area (Å²) in [5.41, 5.74) is 2.00. The average molecular weight is 472 g/mol. The maximum absolute atomic E-state index is 13.8. The SMILES string of the molecule is O=C(Nc1ccccc1F)c1coc(CSc2nnc(-c3ccccc3)n2-c2ccccc2)n1. The first kappa shape index (κ1) is 21.6. The van der Waals surface area contributed by atoms with E-state index in [1.165, 1.54) is 30.2 Å². The number of halogens is 1. The predicted molar refractivity (Wildman–Crippen MR) is 127 cm³/mol. The predicted octanol–water partition coefficient (Wildman–Crippen LogP) is 5.61. The molecule has 5 rings (SSSR count). The Labute approximate surface area is 198 Å². The van der Waals surface area contributed by atoms with E-state index >= 15 is 0 Å². The van der Waals surface area contributed by atoms with Crippen molar-refractivity contribution in [3.8, 4) is 17.1 Å². The number of nitrogens with one attached hydrogen (secondary N) is 1. The summed E-state index contributed by atoms with van der Waals surface area (Å²) >= 11 is 1.38. The van der Waals surface area contributed by atoms with E-state index < -0.39 is 11.7 Å². The van der Waals surface area contributed by atoms with Crippen molar-refractivity contribution in [3.63, 3.8) is 0 Å². The molecule has 0 aliphatic carbocycles. The number of nitrogens with zero attached hydrogens (tertiary/aromatic N) is 4. The van der Waals surface area contributed by atoms with Gasteiger partial charge in [0.15, 0.2) is 16.7 Å². The number of rotatable bonds is 7. The maximum Gasteiger partial charge on any atom is 0.277 e. The summed E-state index contributed by atoms with van der Waals surface area (Å²) in [6.45, 7) is 0. The summed E-state index contributed by atoms with van der Waals surface area (Å²) in [5.74, 6) is 0.305. The first-order valence-electron chi connectivity index (χ1n) is 10.4. The molecule has 0 bridgehead atoms. The van der Waals surface area contributed by atoms with Gasteiger partial charge in [0.05, 0.1) is 11.4 Å². The van der Waals surface area contributed by atoms with Gasteiger partial charge >= 0.3 is 0 Å². The minimum absolute atomic E-state index is 0.0633. The Morgan fingerprint density at radius 2 is 1.65 bits per heavy atom. The minimum atomic E-state index is -0.552. The molecule has 168 valence electrons. The van der Waals surface area contributed by atoms with Crippen LogP contribution in [0.3, 0.4) is 0 Å². The van der Waals surface area contributed by atoms with Crippen LogP contribution >= 0.6 is 11.8 Å². The van der Waals surface area contributed by atoms with Crippen LogP contribution in [0, 0.1) is 5.82 Å². The molecule has 0 aliphatic heterocycles. The third-order valence-electron chi connectivity index (χ3n) is 4.91. The van der Waals surface area contributed by atoms with Gasteiger partial charge in [-0.3, -0.25) is 9.36 Å². The number of benzene rings is 3. The van der Waals surface area contributed by atoms with E-state index in [1.807, 2.05) is 65.2 Å². The Bertz CT molecular complexity index is 1420. The largest absolute Gasteiger partial charge is 0.447 e. The van der Waals surface area contributed by atoms with Gasteiger partial charge in [0.1, 0.15) is 12.1 Å². The zero-order valence-corrected chi connectivity index (χ0v) is 18.6. The topological polar surface area (TPSA) is 85.8 Å². The number of para-hydroxylation sites is 2. The van der Waals surface area contributed by atoms with E-state index in [0.717, 1.165) is 11.3 Å². The molecular formula is C25H18FN5O2S. The summed E-state index contributed by atoms with van der Waals surface area (Å²) in [6, 6.07) is 25.6. The Hall–Kier alpha value is -4.24. The van der Waals surface area contributed by atoms with Gasteiger partial charge in [0.2, 0.25) is 5.89 Å². The molecule has 1 N–H and O–H groups in total. The van der Waals surface area contributed by atoms with Crippen molar-refractivity contribution in [2.75, 3.05) is 5.32 Å². The summed E-state index contributed by atoms with van der Waals surface area (Å²) < 4.78 is 21.2. The standard InChI is InChI=1S/C25H18FN5O2S/c26-19-13-7-8-14-20(19)28-24(32)21-15-33-22(27-21)16-34-25-30-29-23(17-9-3-1-4-10-17)31(25)18-11-5-2-6-12-18/h1-15H,16H2,(H,28,32). The van der Waals surface area contributed by atoms with Gasteiger partial charge < -0.3 is 9.73 Å². The third kappa shape index (κ3) is 4.60. The lowest BCUT2D eigenvalue weighted by Gasteiger charge is -2.09. The molecule has 0 atom stereocenters. The van der Waals surface area contributed by atoms with Crippen LogP contribution in [-0.4, -0.2) is 25.7 Å². The fourth-order valence-corrected chi connectivity index (χ4v) is 4.11. The highest BCUT2D eigenvalue weighted by Crippen LogP contribution is 2.29. The zero-order valence-electron chi connectivity index (χ0n) is 17.8. The zero-order chi connectivity index (χ0) is 23.3. The molecule has 2 heterocycles. The molecule has 7 nitrogen and oxygen atoms in total. The number of hydrogen-bond acceptors (Lipinski definition) is 6. The van der Waals surface area contributed by atoms with Gasteiger partial charge in [-0.15, -0.1) is 10.2 Å². The van der Waals surface area contributed by atoms with Gasteiger partial charge in [0, 0.05) is 11.3 Å². The number of anilines is 1. The minimum Gasteiger partial charge on any atom is -0.447 e. The highest BCUT2D eigenvalue weighted by molar-refractivity contribution is 7.98. The van der Waals surface area contributed by atoms with E-state index in [9.17, 15) is 9.18 Å². The molecular weight excluding hydrogens is 453 g/mol. The lowest BCUT2D eigenvalue weighted by atomic mass is 10.2. The average Bonchev–Trinajstić information content (AvgIpc) is 3.53. The quantitative estimate of drug-likeness (QED) is 0.311. The van der Waals surface area contributed by atoms with Crippen LogP contribution < -0.4 is 5.32 Å². The second-order valence-corrected chi connectivity index (χ2v) is 8.13. The Kier molecular flexibility index (Phi) is 6.17. The van der Waals surface area contributed by atoms with Gasteiger partial charge in [-0.25, -0.2) is 9.37 Å². The molecule has 0 aliphatic rings. The lowest BCUT2D eigenvalue weighted by Crippen LogP contribution is -2.13. The molecule has 0 saturated heterocycles. The van der Waals surface area contributed by atoms with Crippen LogP contribution in [0.5, 0.6) is 0 Å². The van der Waals surface area contributed by atoms with Gasteiger partial charge in [-0.05, 0) is 24.3 Å². The highest BCUT2D eigenvalue weighted by Gasteiger charge is 2.18. The smallest absolute Gasteiger partial charge is 0.277 e. The number of oxazole rings is 1. The summed E-state index contributed by atoms with van der Waals surface area (Å²) in [6.07, 6.45) is 1.25. The molecule has 5 aromatic rings. The Morgan fingerprint density at radius 3 is 2.41 bits per heavy atom. The molecule has 9 heteroatoms. The number of carbonyl (C=O) groups is 1. The van der Waals surface area contributed by atoms with Crippen LogP contribution in [0.1, 0.15) is 16.4 Å². The maximum atomic E-state index is 13.8. The van der Waals surface area contributed by atoms with Gasteiger partial charge in [0.25, 0.3) is 5.91 Å². The van der Waals surface area contributed by atoms with Crippen molar-refractivity contribution in [1.82, 2.24) is 19.7 Å². The van der Waals surface area contributed by atoms with E-state index in [-0.39, 0.29) is 11.4 Å². The lowest BCUT2D eigenvalue weighted by molar-refractivity contribution is 0.102. The van der Waals surface area contributed by atoms with Crippen molar-refractivity contribution in [2.24, 2.45) is 0 Å². The fraction of sp³-hybridized carbons (Fsp3) is 0.0400. The molecule has 0 radical (unpaired) electrons. The molecule has 34 heavy (non-hydrogen) atoms. The third-order valence-corrected chi connectivity index (χ3v) is 5.82.